The minimum absolute atomic E-state index is 0.307. The lowest BCUT2D eigenvalue weighted by molar-refractivity contribution is 0.102. The molecular weight excluding hydrogens is 406 g/mol. The summed E-state index contributed by atoms with van der Waals surface area (Å²) in [5.41, 5.74) is 2.79. The van der Waals surface area contributed by atoms with E-state index < -0.39 is 11.6 Å². The van der Waals surface area contributed by atoms with Crippen molar-refractivity contribution in [3.05, 3.63) is 96.2 Å². The molecule has 1 aromatic heterocycles. The summed E-state index contributed by atoms with van der Waals surface area (Å²) in [7, 11) is 0. The van der Waals surface area contributed by atoms with Crippen molar-refractivity contribution in [2.24, 2.45) is 0 Å². The average molecular weight is 422 g/mol. The Labute approximate surface area is 175 Å². The number of hydrogen-bond acceptors (Lipinski definition) is 4. The van der Waals surface area contributed by atoms with Gasteiger partial charge in [0.1, 0.15) is 5.82 Å². The highest BCUT2D eigenvalue weighted by atomic mass is 32.2. The molecule has 0 saturated carbocycles. The Kier molecular flexibility index (Phi) is 5.76. The van der Waals surface area contributed by atoms with Crippen LogP contribution in [0, 0.1) is 11.6 Å². The molecule has 30 heavy (non-hydrogen) atoms. The average Bonchev–Trinajstić information content (AvgIpc) is 3.23. The van der Waals surface area contributed by atoms with Crippen LogP contribution in [0.2, 0.25) is 0 Å². The minimum Gasteiger partial charge on any atom is -0.326 e. The zero-order valence-corrected chi connectivity index (χ0v) is 16.3. The Morgan fingerprint density at radius 1 is 0.933 bits per heavy atom. The maximum atomic E-state index is 13.3. The fourth-order valence-corrected chi connectivity index (χ4v) is 3.45. The lowest BCUT2D eigenvalue weighted by Crippen LogP contribution is -2.13. The summed E-state index contributed by atoms with van der Waals surface area (Å²) in [5.74, 6) is -1.62. The van der Waals surface area contributed by atoms with Crippen molar-refractivity contribution in [3.63, 3.8) is 0 Å². The van der Waals surface area contributed by atoms with E-state index in [1.54, 1.807) is 30.5 Å². The molecule has 0 spiro atoms. The number of aromatic amines is 1. The van der Waals surface area contributed by atoms with Crippen molar-refractivity contribution >= 4 is 29.4 Å². The molecule has 0 aliphatic carbocycles. The molecule has 4 aromatic rings. The zero-order valence-electron chi connectivity index (χ0n) is 15.5. The molecule has 0 unspecified atom stereocenters. The smallest absolute Gasteiger partial charge is 0.256 e. The normalized spacial score (nSPS) is 10.6. The first-order valence-electron chi connectivity index (χ1n) is 8.98. The molecule has 0 aliphatic rings. The van der Waals surface area contributed by atoms with E-state index in [1.165, 1.54) is 6.07 Å². The molecule has 1 amide bonds. The number of hydrogen-bond donors (Lipinski definition) is 3. The van der Waals surface area contributed by atoms with E-state index in [1.807, 2.05) is 30.3 Å². The highest BCUT2D eigenvalue weighted by Gasteiger charge is 2.13. The monoisotopic (exact) mass is 422 g/mol. The molecule has 0 saturated heterocycles. The lowest BCUT2D eigenvalue weighted by atomic mass is 10.1. The van der Waals surface area contributed by atoms with Crippen molar-refractivity contribution in [3.8, 4) is 11.1 Å². The second kappa shape index (κ2) is 8.79. The van der Waals surface area contributed by atoms with Crippen LogP contribution in [0.25, 0.3) is 11.1 Å². The van der Waals surface area contributed by atoms with Crippen LogP contribution in [0.1, 0.15) is 10.4 Å². The Balaban J connectivity index is 1.46. The maximum absolute atomic E-state index is 13.3. The molecule has 150 valence electrons. The van der Waals surface area contributed by atoms with Gasteiger partial charge < -0.3 is 10.0 Å². The molecule has 1 heterocycles. The van der Waals surface area contributed by atoms with Crippen molar-refractivity contribution in [1.29, 1.82) is 0 Å². The van der Waals surface area contributed by atoms with Gasteiger partial charge in [0.15, 0.2) is 11.6 Å². The van der Waals surface area contributed by atoms with Crippen LogP contribution in [-0.4, -0.2) is 16.1 Å². The van der Waals surface area contributed by atoms with Gasteiger partial charge in [0, 0.05) is 21.7 Å². The number of aromatic nitrogens is 2. The number of nitrogens with zero attached hydrogens (tertiary/aromatic N) is 1. The van der Waals surface area contributed by atoms with Gasteiger partial charge in [-0.3, -0.25) is 9.89 Å². The van der Waals surface area contributed by atoms with E-state index >= 15 is 0 Å². The number of carbonyl (C=O) groups excluding carboxylic acids is 1. The number of amides is 1. The maximum Gasteiger partial charge on any atom is 0.256 e. The van der Waals surface area contributed by atoms with Crippen LogP contribution in [0.15, 0.2) is 83.9 Å². The summed E-state index contributed by atoms with van der Waals surface area (Å²) >= 11 is 1.12. The first kappa shape index (κ1) is 19.7. The first-order valence-corrected chi connectivity index (χ1v) is 9.80. The van der Waals surface area contributed by atoms with Crippen molar-refractivity contribution in [2.45, 2.75) is 4.90 Å². The minimum atomic E-state index is -0.913. The van der Waals surface area contributed by atoms with Gasteiger partial charge in [0.2, 0.25) is 0 Å². The van der Waals surface area contributed by atoms with Gasteiger partial charge in [-0.2, -0.15) is 5.10 Å². The lowest BCUT2D eigenvalue weighted by Gasteiger charge is -2.09. The highest BCUT2D eigenvalue weighted by molar-refractivity contribution is 8.00. The first-order chi connectivity index (χ1) is 14.6. The molecule has 0 atom stereocenters. The summed E-state index contributed by atoms with van der Waals surface area (Å²) in [6.07, 6.45) is 1.65. The zero-order chi connectivity index (χ0) is 20.9. The number of anilines is 2. The van der Waals surface area contributed by atoms with Gasteiger partial charge in [-0.15, -0.1) is 0 Å². The van der Waals surface area contributed by atoms with E-state index in [0.29, 0.717) is 22.0 Å². The number of halogens is 2. The third-order valence-corrected chi connectivity index (χ3v) is 5.09. The van der Waals surface area contributed by atoms with Gasteiger partial charge in [-0.25, -0.2) is 8.78 Å². The molecule has 8 heteroatoms. The van der Waals surface area contributed by atoms with Crippen molar-refractivity contribution in [1.82, 2.24) is 10.2 Å². The summed E-state index contributed by atoms with van der Waals surface area (Å²) in [6.45, 7) is 0. The molecule has 0 fully saturated rings. The van der Waals surface area contributed by atoms with Crippen LogP contribution < -0.4 is 10.0 Å². The predicted octanol–water partition coefficient (Wildman–Crippen LogP) is 5.73. The standard InChI is InChI=1S/C22H16F2N4OS/c23-19-10-9-17(12-20(19)24)30-28-16-8-4-7-15(11-16)22(29)26-21-18(13-25-27-21)14-5-2-1-3-6-14/h1-13,28H,(H2,25,26,27,29). The van der Waals surface area contributed by atoms with Crippen LogP contribution >= 0.6 is 11.9 Å². The predicted molar refractivity (Wildman–Crippen MR) is 114 cm³/mol. The summed E-state index contributed by atoms with van der Waals surface area (Å²) in [4.78, 5) is 13.2. The number of benzene rings is 3. The molecule has 5 nitrogen and oxygen atoms in total. The van der Waals surface area contributed by atoms with Crippen molar-refractivity contribution < 1.29 is 13.6 Å². The molecule has 0 bridgehead atoms. The summed E-state index contributed by atoms with van der Waals surface area (Å²) in [6, 6.07) is 20.1. The summed E-state index contributed by atoms with van der Waals surface area (Å²) < 4.78 is 29.4. The van der Waals surface area contributed by atoms with Crippen molar-refractivity contribution in [2.75, 3.05) is 10.0 Å². The number of carbonyl (C=O) groups is 1. The number of H-pyrrole nitrogens is 1. The van der Waals surface area contributed by atoms with Gasteiger partial charge in [-0.05, 0) is 53.9 Å². The van der Waals surface area contributed by atoms with Gasteiger partial charge in [0.25, 0.3) is 5.91 Å². The van der Waals surface area contributed by atoms with Crippen LogP contribution in [-0.2, 0) is 0 Å². The topological polar surface area (TPSA) is 69.8 Å². The number of rotatable bonds is 6. The molecule has 3 aromatic carbocycles. The van der Waals surface area contributed by atoms with E-state index in [4.69, 9.17) is 0 Å². The summed E-state index contributed by atoms with van der Waals surface area (Å²) in [5, 5.41) is 9.67. The fourth-order valence-electron chi connectivity index (χ4n) is 2.79. The second-order valence-electron chi connectivity index (χ2n) is 6.34. The quantitative estimate of drug-likeness (QED) is 0.347. The third-order valence-electron chi connectivity index (χ3n) is 4.27. The van der Waals surface area contributed by atoms with E-state index in [0.717, 1.165) is 35.2 Å². The third kappa shape index (κ3) is 4.49. The van der Waals surface area contributed by atoms with E-state index in [-0.39, 0.29) is 5.91 Å². The fraction of sp³-hybridized carbons (Fsp3) is 0. The Bertz CT molecular complexity index is 1180. The number of nitrogens with one attached hydrogen (secondary N) is 3. The second-order valence-corrected chi connectivity index (χ2v) is 7.22. The van der Waals surface area contributed by atoms with Crippen LogP contribution in [0.5, 0.6) is 0 Å². The molecule has 0 radical (unpaired) electrons. The highest BCUT2D eigenvalue weighted by Crippen LogP contribution is 2.27. The SMILES string of the molecule is O=C(Nc1[nH]ncc1-c1ccccc1)c1cccc(NSc2ccc(F)c(F)c2)c1. The van der Waals surface area contributed by atoms with Gasteiger partial charge in [0.05, 0.1) is 6.20 Å². The Hall–Kier alpha value is -3.65. The van der Waals surface area contributed by atoms with Crippen LogP contribution in [0.4, 0.5) is 20.3 Å². The molecule has 3 N–H and O–H groups in total. The largest absolute Gasteiger partial charge is 0.326 e. The van der Waals surface area contributed by atoms with Gasteiger partial charge >= 0.3 is 0 Å². The molecule has 4 rings (SSSR count). The Morgan fingerprint density at radius 2 is 1.77 bits per heavy atom. The van der Waals surface area contributed by atoms with Gasteiger partial charge in [-0.1, -0.05) is 36.4 Å². The van der Waals surface area contributed by atoms with E-state index in [9.17, 15) is 13.6 Å². The van der Waals surface area contributed by atoms with Crippen LogP contribution in [0.3, 0.4) is 0 Å². The Morgan fingerprint density at radius 3 is 2.57 bits per heavy atom. The molecular formula is C22H16F2N4OS. The van der Waals surface area contributed by atoms with E-state index in [2.05, 4.69) is 20.2 Å². The molecule has 0 aliphatic heterocycles.